The number of carbonyl (C=O) groups excluding carboxylic acids is 2. The second kappa shape index (κ2) is 10.6. The lowest BCUT2D eigenvalue weighted by Gasteiger charge is -2.27. The zero-order valence-corrected chi connectivity index (χ0v) is 19.9. The van der Waals surface area contributed by atoms with E-state index in [4.69, 9.17) is 0 Å². The molecule has 2 amide bonds. The molecule has 3 atom stereocenters. The molecule has 3 heterocycles. The van der Waals surface area contributed by atoms with Gasteiger partial charge in [0.05, 0.1) is 12.6 Å². The quantitative estimate of drug-likeness (QED) is 0.455. The number of hydrogen-bond donors (Lipinski definition) is 3. The summed E-state index contributed by atoms with van der Waals surface area (Å²) in [6.07, 6.45) is -1.31. The molecule has 0 aliphatic carbocycles. The van der Waals surface area contributed by atoms with Crippen LogP contribution >= 0.6 is 22.7 Å². The Hall–Kier alpha value is -2.59. The van der Waals surface area contributed by atoms with E-state index in [2.05, 4.69) is 22.4 Å². The van der Waals surface area contributed by atoms with Crippen molar-refractivity contribution in [2.75, 3.05) is 6.54 Å². The largest absolute Gasteiger partial charge is 0.380 e. The second-order valence-corrected chi connectivity index (χ2v) is 10.1. The first kappa shape index (κ1) is 23.6. The Morgan fingerprint density at radius 2 is 1.94 bits per heavy atom. The molecule has 3 N–H and O–H groups in total. The predicted octanol–water partition coefficient (Wildman–Crippen LogP) is 2.81. The van der Waals surface area contributed by atoms with Crippen molar-refractivity contribution in [1.82, 2.24) is 15.2 Å². The molecule has 1 saturated heterocycles. The second-order valence-electron chi connectivity index (χ2n) is 8.21. The highest BCUT2D eigenvalue weighted by molar-refractivity contribution is 7.10. The van der Waals surface area contributed by atoms with Crippen molar-refractivity contribution in [3.63, 3.8) is 0 Å². The van der Waals surface area contributed by atoms with Gasteiger partial charge in [0.15, 0.2) is 12.2 Å². The van der Waals surface area contributed by atoms with Crippen molar-refractivity contribution >= 4 is 34.5 Å². The molecule has 1 aliphatic rings. The average molecular weight is 486 g/mol. The first-order chi connectivity index (χ1) is 15.9. The molecule has 9 heteroatoms. The number of aryl methyl sites for hydroxylation is 1. The van der Waals surface area contributed by atoms with Crippen LogP contribution in [0.1, 0.15) is 45.6 Å². The van der Waals surface area contributed by atoms with E-state index >= 15 is 0 Å². The summed E-state index contributed by atoms with van der Waals surface area (Å²) in [5.41, 5.74) is 3.23. The van der Waals surface area contributed by atoms with Gasteiger partial charge in [-0.3, -0.25) is 9.59 Å². The fraction of sp³-hybridized carbons (Fsp3) is 0.375. The number of aliphatic hydroxyl groups excluding tert-OH is 2. The monoisotopic (exact) mass is 485 g/mol. The molecule has 0 bridgehead atoms. The van der Waals surface area contributed by atoms with E-state index in [-0.39, 0.29) is 12.6 Å². The summed E-state index contributed by atoms with van der Waals surface area (Å²) in [6, 6.07) is 11.9. The fourth-order valence-corrected chi connectivity index (χ4v) is 5.75. The van der Waals surface area contributed by atoms with Gasteiger partial charge in [-0.05, 0) is 48.8 Å². The number of likely N-dealkylation sites (tertiary alicyclic amines) is 1. The summed E-state index contributed by atoms with van der Waals surface area (Å²) >= 11 is 2.99. The Balaban J connectivity index is 1.31. The molecule has 3 aromatic rings. The summed E-state index contributed by atoms with van der Waals surface area (Å²) < 4.78 is 0. The van der Waals surface area contributed by atoms with Crippen molar-refractivity contribution in [3.8, 4) is 0 Å². The minimum absolute atomic E-state index is 0.223. The summed E-state index contributed by atoms with van der Waals surface area (Å²) in [5.74, 6) is -1.41. The topological polar surface area (TPSA) is 103 Å². The standard InChI is InChI=1S/C24H27N3O4S2/c1-15-13-33-23(26-15)19-8-5-9-27(19)24(31)21(29)20(28)22(30)25-12-18-11-17(14-32-18)10-16-6-3-2-4-7-16/h2-4,6-7,11,13-14,19-21,28-29H,5,8-10,12H2,1H3,(H,25,30)/t19-,20-,21-/m1/s1. The minimum atomic E-state index is -1.83. The number of carbonyl (C=O) groups is 2. The summed E-state index contributed by atoms with van der Waals surface area (Å²) in [4.78, 5) is 32.2. The number of nitrogens with one attached hydrogen (secondary N) is 1. The van der Waals surface area contributed by atoms with Crippen molar-refractivity contribution in [2.45, 2.75) is 51.0 Å². The van der Waals surface area contributed by atoms with Crippen molar-refractivity contribution < 1.29 is 19.8 Å². The van der Waals surface area contributed by atoms with Gasteiger partial charge in [-0.15, -0.1) is 22.7 Å². The summed E-state index contributed by atoms with van der Waals surface area (Å²) in [5, 5.41) is 28.2. The first-order valence-corrected chi connectivity index (χ1v) is 12.6. The smallest absolute Gasteiger partial charge is 0.255 e. The van der Waals surface area contributed by atoms with Crippen LogP contribution in [0.2, 0.25) is 0 Å². The molecule has 174 valence electrons. The zero-order chi connectivity index (χ0) is 23.4. The Kier molecular flexibility index (Phi) is 7.54. The van der Waals surface area contributed by atoms with Crippen LogP contribution in [0.3, 0.4) is 0 Å². The van der Waals surface area contributed by atoms with Crippen LogP contribution in [0.4, 0.5) is 0 Å². The minimum Gasteiger partial charge on any atom is -0.380 e. The normalized spacial score (nSPS) is 17.7. The highest BCUT2D eigenvalue weighted by Crippen LogP contribution is 2.34. The first-order valence-electron chi connectivity index (χ1n) is 10.9. The van der Waals surface area contributed by atoms with Gasteiger partial charge < -0.3 is 20.4 Å². The molecular formula is C24H27N3O4S2. The molecule has 0 unspecified atom stereocenters. The molecule has 33 heavy (non-hydrogen) atoms. The number of thiazole rings is 1. The molecule has 1 aromatic carbocycles. The Bertz CT molecular complexity index is 1100. The fourth-order valence-electron chi connectivity index (χ4n) is 3.98. The van der Waals surface area contributed by atoms with Crippen molar-refractivity contribution in [1.29, 1.82) is 0 Å². The van der Waals surface area contributed by atoms with E-state index in [1.807, 2.05) is 41.9 Å². The van der Waals surface area contributed by atoms with Crippen LogP contribution in [0.15, 0.2) is 47.2 Å². The Labute approximate surface area is 200 Å². The lowest BCUT2D eigenvalue weighted by Crippen LogP contribution is -2.50. The van der Waals surface area contributed by atoms with Crippen LogP contribution in [-0.4, -0.2) is 50.7 Å². The van der Waals surface area contributed by atoms with Gasteiger partial charge in [-0.2, -0.15) is 0 Å². The van der Waals surface area contributed by atoms with Gasteiger partial charge in [0, 0.05) is 22.5 Å². The van der Waals surface area contributed by atoms with Gasteiger partial charge >= 0.3 is 0 Å². The predicted molar refractivity (Wildman–Crippen MR) is 128 cm³/mol. The summed E-state index contributed by atoms with van der Waals surface area (Å²) in [6.45, 7) is 2.58. The van der Waals surface area contributed by atoms with E-state index in [0.717, 1.165) is 40.4 Å². The number of aromatic nitrogens is 1. The summed E-state index contributed by atoms with van der Waals surface area (Å²) in [7, 11) is 0. The number of rotatable bonds is 8. The molecule has 1 aliphatic heterocycles. The third-order valence-corrected chi connectivity index (χ3v) is 7.72. The maximum absolute atomic E-state index is 12.8. The van der Waals surface area contributed by atoms with Gasteiger partial charge in [-0.1, -0.05) is 30.3 Å². The van der Waals surface area contributed by atoms with E-state index in [0.29, 0.717) is 6.54 Å². The van der Waals surface area contributed by atoms with Crippen molar-refractivity contribution in [2.24, 2.45) is 0 Å². The molecule has 0 spiro atoms. The van der Waals surface area contributed by atoms with Gasteiger partial charge in [0.25, 0.3) is 11.8 Å². The van der Waals surface area contributed by atoms with Gasteiger partial charge in [0.2, 0.25) is 0 Å². The van der Waals surface area contributed by atoms with Crippen LogP contribution < -0.4 is 5.32 Å². The Morgan fingerprint density at radius 3 is 2.67 bits per heavy atom. The molecule has 0 saturated carbocycles. The highest BCUT2D eigenvalue weighted by Gasteiger charge is 2.39. The lowest BCUT2D eigenvalue weighted by molar-refractivity contribution is -0.153. The molecular weight excluding hydrogens is 458 g/mol. The molecule has 2 aromatic heterocycles. The van der Waals surface area contributed by atoms with Crippen LogP contribution in [0, 0.1) is 6.92 Å². The maximum Gasteiger partial charge on any atom is 0.255 e. The Morgan fingerprint density at radius 1 is 1.15 bits per heavy atom. The van der Waals surface area contributed by atoms with E-state index in [1.54, 1.807) is 0 Å². The van der Waals surface area contributed by atoms with Crippen LogP contribution in [0.5, 0.6) is 0 Å². The lowest BCUT2D eigenvalue weighted by atomic mass is 10.1. The number of hydrogen-bond acceptors (Lipinski definition) is 7. The number of aliphatic hydroxyl groups is 2. The van der Waals surface area contributed by atoms with Gasteiger partial charge in [-0.25, -0.2) is 4.98 Å². The van der Waals surface area contributed by atoms with Crippen LogP contribution in [0.25, 0.3) is 0 Å². The van der Waals surface area contributed by atoms with Gasteiger partial charge in [0.1, 0.15) is 5.01 Å². The third-order valence-electron chi connectivity index (χ3n) is 5.67. The molecule has 1 fully saturated rings. The van der Waals surface area contributed by atoms with E-state index < -0.39 is 24.0 Å². The maximum atomic E-state index is 12.8. The van der Waals surface area contributed by atoms with E-state index in [1.165, 1.54) is 33.1 Å². The number of thiophene rings is 1. The zero-order valence-electron chi connectivity index (χ0n) is 18.3. The van der Waals surface area contributed by atoms with E-state index in [9.17, 15) is 19.8 Å². The SMILES string of the molecule is Cc1csc([C@H]2CCCN2C(=O)[C@H](O)[C@@H](O)C(=O)NCc2cc(Cc3ccccc3)cs2)n1. The van der Waals surface area contributed by atoms with Crippen LogP contribution in [-0.2, 0) is 22.6 Å². The number of nitrogens with zero attached hydrogens (tertiary/aromatic N) is 2. The highest BCUT2D eigenvalue weighted by atomic mass is 32.1. The van der Waals surface area contributed by atoms with Crippen molar-refractivity contribution in [3.05, 3.63) is 73.9 Å². The number of amides is 2. The third kappa shape index (κ3) is 5.67. The molecule has 4 rings (SSSR count). The number of benzene rings is 1. The molecule has 0 radical (unpaired) electrons. The average Bonchev–Trinajstić information content (AvgIpc) is 3.57. The molecule has 7 nitrogen and oxygen atoms in total.